The van der Waals surface area contributed by atoms with Crippen molar-refractivity contribution in [3.63, 3.8) is 0 Å². The van der Waals surface area contributed by atoms with E-state index >= 15 is 0 Å². The number of hydrogen-bond acceptors (Lipinski definition) is 3. The van der Waals surface area contributed by atoms with Crippen LogP contribution < -0.4 is 11.1 Å². The van der Waals surface area contributed by atoms with Crippen LogP contribution in [0.5, 0.6) is 0 Å². The Labute approximate surface area is 110 Å². The zero-order valence-electron chi connectivity index (χ0n) is 11.5. The first-order valence-corrected chi connectivity index (χ1v) is 7.46. The molecule has 0 aromatic heterocycles. The van der Waals surface area contributed by atoms with E-state index in [0.29, 0.717) is 6.04 Å². The normalized spacial score (nSPS) is 24.1. The maximum absolute atomic E-state index is 11.4. The van der Waals surface area contributed by atoms with Crippen LogP contribution in [0.25, 0.3) is 0 Å². The van der Waals surface area contributed by atoms with Crippen molar-refractivity contribution < 1.29 is 4.79 Å². The minimum Gasteiger partial charge on any atom is -0.368 e. The number of carbonyl (C=O) groups excluding carboxylic acids is 1. The van der Waals surface area contributed by atoms with E-state index in [9.17, 15) is 4.79 Å². The Bertz CT molecular complexity index is 270. The zero-order valence-corrected chi connectivity index (χ0v) is 11.5. The first-order valence-electron chi connectivity index (χ1n) is 7.46. The molecule has 0 spiro atoms. The van der Waals surface area contributed by atoms with Crippen molar-refractivity contribution in [1.29, 1.82) is 0 Å². The van der Waals surface area contributed by atoms with Crippen molar-refractivity contribution in [1.82, 2.24) is 10.2 Å². The molecule has 1 saturated heterocycles. The summed E-state index contributed by atoms with van der Waals surface area (Å²) in [5, 5.41) is 3.35. The molecule has 2 rings (SSSR count). The van der Waals surface area contributed by atoms with Crippen LogP contribution in [0.2, 0.25) is 0 Å². The Balaban J connectivity index is 1.67. The molecule has 1 heterocycles. The molecule has 1 aliphatic heterocycles. The molecule has 4 heteroatoms. The van der Waals surface area contributed by atoms with Gasteiger partial charge in [0, 0.05) is 12.6 Å². The number of nitrogens with zero attached hydrogens (tertiary/aromatic N) is 1. The Morgan fingerprint density at radius 2 is 2.00 bits per heavy atom. The van der Waals surface area contributed by atoms with Crippen LogP contribution in [0.15, 0.2) is 0 Å². The number of amides is 1. The molecule has 2 aliphatic rings. The van der Waals surface area contributed by atoms with E-state index in [0.717, 1.165) is 18.9 Å². The Hall–Kier alpha value is -0.610. The molecule has 0 aromatic rings. The smallest absolute Gasteiger partial charge is 0.234 e. The number of likely N-dealkylation sites (tertiary alicyclic amines) is 1. The quantitative estimate of drug-likeness (QED) is 0.714. The molecule has 18 heavy (non-hydrogen) atoms. The van der Waals surface area contributed by atoms with E-state index in [2.05, 4.69) is 17.1 Å². The summed E-state index contributed by atoms with van der Waals surface area (Å²) in [6.07, 6.45) is 7.20. The Morgan fingerprint density at radius 3 is 2.50 bits per heavy atom. The number of nitrogens with two attached hydrogens (primary N) is 1. The van der Waals surface area contributed by atoms with Gasteiger partial charge in [-0.25, -0.2) is 0 Å². The topological polar surface area (TPSA) is 58.4 Å². The van der Waals surface area contributed by atoms with E-state index in [1.165, 1.54) is 45.2 Å². The van der Waals surface area contributed by atoms with Gasteiger partial charge in [0.1, 0.15) is 0 Å². The third kappa shape index (κ3) is 4.25. The monoisotopic (exact) mass is 253 g/mol. The SMILES string of the molecule is CCC1CCN(CCC(NC2CC2)C(N)=O)CC1. The average molecular weight is 253 g/mol. The van der Waals surface area contributed by atoms with Gasteiger partial charge in [-0.05, 0) is 51.1 Å². The van der Waals surface area contributed by atoms with Crippen LogP contribution in [0.1, 0.15) is 45.4 Å². The van der Waals surface area contributed by atoms with Crippen LogP contribution >= 0.6 is 0 Å². The first kappa shape index (κ1) is 13.8. The molecule has 1 aliphatic carbocycles. The molecule has 1 atom stereocenters. The molecule has 0 radical (unpaired) electrons. The molecule has 1 saturated carbocycles. The molecular weight excluding hydrogens is 226 g/mol. The van der Waals surface area contributed by atoms with E-state index in [4.69, 9.17) is 5.73 Å². The van der Waals surface area contributed by atoms with Crippen molar-refractivity contribution in [2.45, 2.75) is 57.5 Å². The van der Waals surface area contributed by atoms with Crippen LogP contribution in [-0.4, -0.2) is 42.5 Å². The molecule has 1 unspecified atom stereocenters. The fourth-order valence-electron chi connectivity index (χ4n) is 2.77. The highest BCUT2D eigenvalue weighted by molar-refractivity contribution is 5.79. The third-order valence-electron chi connectivity index (χ3n) is 4.38. The van der Waals surface area contributed by atoms with Gasteiger partial charge in [0.2, 0.25) is 5.91 Å². The highest BCUT2D eigenvalue weighted by Crippen LogP contribution is 2.21. The second-order valence-corrected chi connectivity index (χ2v) is 5.88. The molecule has 104 valence electrons. The molecule has 0 bridgehead atoms. The number of rotatable bonds is 7. The summed E-state index contributed by atoms with van der Waals surface area (Å²) in [6, 6.07) is 0.426. The van der Waals surface area contributed by atoms with Gasteiger partial charge in [0.05, 0.1) is 6.04 Å². The van der Waals surface area contributed by atoms with Crippen molar-refractivity contribution in [2.24, 2.45) is 11.7 Å². The lowest BCUT2D eigenvalue weighted by Gasteiger charge is -2.32. The van der Waals surface area contributed by atoms with Gasteiger partial charge in [0.15, 0.2) is 0 Å². The van der Waals surface area contributed by atoms with Crippen LogP contribution in [0.3, 0.4) is 0 Å². The van der Waals surface area contributed by atoms with E-state index in [1.807, 2.05) is 0 Å². The highest BCUT2D eigenvalue weighted by Gasteiger charge is 2.27. The van der Waals surface area contributed by atoms with Gasteiger partial charge in [-0.1, -0.05) is 13.3 Å². The summed E-state index contributed by atoms with van der Waals surface area (Å²) < 4.78 is 0. The number of carbonyl (C=O) groups is 1. The lowest BCUT2D eigenvalue weighted by atomic mass is 9.94. The molecule has 2 fully saturated rings. The second kappa shape index (κ2) is 6.53. The van der Waals surface area contributed by atoms with Gasteiger partial charge >= 0.3 is 0 Å². The highest BCUT2D eigenvalue weighted by atomic mass is 16.1. The fourth-order valence-corrected chi connectivity index (χ4v) is 2.77. The van der Waals surface area contributed by atoms with Crippen molar-refractivity contribution in [2.75, 3.05) is 19.6 Å². The second-order valence-electron chi connectivity index (χ2n) is 5.88. The Kier molecular flexibility index (Phi) is 5.01. The molecular formula is C14H27N3O. The summed E-state index contributed by atoms with van der Waals surface area (Å²) >= 11 is 0. The van der Waals surface area contributed by atoms with Crippen molar-refractivity contribution in [3.05, 3.63) is 0 Å². The predicted octanol–water partition coefficient (Wildman–Crippen LogP) is 1.10. The molecule has 3 N–H and O–H groups in total. The van der Waals surface area contributed by atoms with Crippen molar-refractivity contribution in [3.8, 4) is 0 Å². The Morgan fingerprint density at radius 1 is 1.33 bits per heavy atom. The van der Waals surface area contributed by atoms with Gasteiger partial charge in [-0.15, -0.1) is 0 Å². The van der Waals surface area contributed by atoms with Gasteiger partial charge in [0.25, 0.3) is 0 Å². The van der Waals surface area contributed by atoms with Crippen molar-refractivity contribution >= 4 is 5.91 Å². The standard InChI is InChI=1S/C14H27N3O/c1-2-11-5-8-17(9-6-11)10-7-13(14(15)18)16-12-3-4-12/h11-13,16H,2-10H2,1H3,(H2,15,18). The van der Waals surface area contributed by atoms with E-state index in [1.54, 1.807) is 0 Å². The lowest BCUT2D eigenvalue weighted by molar-refractivity contribution is -0.120. The lowest BCUT2D eigenvalue weighted by Crippen LogP contribution is -2.45. The van der Waals surface area contributed by atoms with E-state index in [-0.39, 0.29) is 11.9 Å². The van der Waals surface area contributed by atoms with Crippen LogP contribution in [-0.2, 0) is 4.79 Å². The van der Waals surface area contributed by atoms with Gasteiger partial charge < -0.3 is 16.0 Å². The maximum Gasteiger partial charge on any atom is 0.234 e. The van der Waals surface area contributed by atoms with E-state index < -0.39 is 0 Å². The largest absolute Gasteiger partial charge is 0.368 e. The summed E-state index contributed by atoms with van der Waals surface area (Å²) in [4.78, 5) is 13.9. The summed E-state index contributed by atoms with van der Waals surface area (Å²) in [7, 11) is 0. The summed E-state index contributed by atoms with van der Waals surface area (Å²) in [6.45, 7) is 5.66. The van der Waals surface area contributed by atoms with Crippen LogP contribution in [0, 0.1) is 5.92 Å². The minimum atomic E-state index is -0.189. The van der Waals surface area contributed by atoms with Gasteiger partial charge in [-0.2, -0.15) is 0 Å². The minimum absolute atomic E-state index is 0.124. The number of hydrogen-bond donors (Lipinski definition) is 2. The number of primary amides is 1. The fraction of sp³-hybridized carbons (Fsp3) is 0.929. The summed E-state index contributed by atoms with van der Waals surface area (Å²) in [5.74, 6) is 0.725. The third-order valence-corrected chi connectivity index (χ3v) is 4.38. The molecule has 0 aromatic carbocycles. The maximum atomic E-state index is 11.4. The van der Waals surface area contributed by atoms with Gasteiger partial charge in [-0.3, -0.25) is 4.79 Å². The number of piperidine rings is 1. The van der Waals surface area contributed by atoms with Crippen LogP contribution in [0.4, 0.5) is 0 Å². The number of nitrogens with one attached hydrogen (secondary N) is 1. The summed E-state index contributed by atoms with van der Waals surface area (Å²) in [5.41, 5.74) is 5.45. The molecule has 1 amide bonds. The predicted molar refractivity (Wildman–Crippen MR) is 73.2 cm³/mol. The zero-order chi connectivity index (χ0) is 13.0. The average Bonchev–Trinajstić information content (AvgIpc) is 3.18. The first-order chi connectivity index (χ1) is 8.69. The molecule has 4 nitrogen and oxygen atoms in total.